The molecular weight excluding hydrogens is 460 g/mol. The Morgan fingerprint density at radius 2 is 2.00 bits per heavy atom. The zero-order chi connectivity index (χ0) is 23.0. The highest BCUT2D eigenvalue weighted by Gasteiger charge is 2.48. The number of amides is 1. The number of nitrogens with one attached hydrogen (secondary N) is 1. The van der Waals surface area contributed by atoms with Crippen molar-refractivity contribution in [3.8, 4) is 5.75 Å². The van der Waals surface area contributed by atoms with Gasteiger partial charge in [0.1, 0.15) is 11.4 Å². The van der Waals surface area contributed by atoms with Gasteiger partial charge >= 0.3 is 11.9 Å². The minimum atomic E-state index is -3.55. The van der Waals surface area contributed by atoms with E-state index in [1.165, 1.54) is 43.5 Å². The molecule has 2 aromatic rings. The molecule has 0 bridgehead atoms. The molecule has 0 atom stereocenters. The lowest BCUT2D eigenvalue weighted by molar-refractivity contribution is -0.140. The summed E-state index contributed by atoms with van der Waals surface area (Å²) in [6.45, 7) is -0.749. The van der Waals surface area contributed by atoms with Crippen molar-refractivity contribution in [3.05, 3.63) is 30.0 Å². The standard InChI is InChI=1S/C21H23F2N5O4.ClH/c1-27-15-10-24-20(25-14-8-7-12(18(29)30)9-16(14)32-2)26-17(15)28(13-5-3-4-6-13)11-21(22,23)19(27)31;/h7-10,13H,3-6,11H2,1-2H3,(H,29,30)(H,24,25,26);1H. The first-order valence-electron chi connectivity index (χ1n) is 10.2. The Balaban J connectivity index is 0.00000306. The Morgan fingerprint density at radius 1 is 1.30 bits per heavy atom. The van der Waals surface area contributed by atoms with Gasteiger partial charge in [0.05, 0.1) is 31.1 Å². The van der Waals surface area contributed by atoms with E-state index in [9.17, 15) is 18.4 Å². The number of fused-ring (bicyclic) bond motifs is 1. The van der Waals surface area contributed by atoms with Gasteiger partial charge in [-0.3, -0.25) is 4.79 Å². The molecule has 1 aromatic carbocycles. The first-order chi connectivity index (χ1) is 15.2. The number of aromatic carboxylic acids is 1. The van der Waals surface area contributed by atoms with E-state index in [2.05, 4.69) is 15.3 Å². The molecule has 1 fully saturated rings. The van der Waals surface area contributed by atoms with Crippen molar-refractivity contribution in [1.82, 2.24) is 9.97 Å². The third kappa shape index (κ3) is 4.63. The molecule has 1 aromatic heterocycles. The normalized spacial score (nSPS) is 17.8. The highest BCUT2D eigenvalue weighted by Crippen LogP contribution is 2.40. The maximum absolute atomic E-state index is 14.7. The number of carboxylic acid groups (broad SMARTS) is 1. The second-order valence-electron chi connectivity index (χ2n) is 7.88. The van der Waals surface area contributed by atoms with Crippen molar-refractivity contribution in [2.75, 3.05) is 35.8 Å². The van der Waals surface area contributed by atoms with E-state index >= 15 is 0 Å². The molecule has 1 amide bonds. The molecule has 12 heteroatoms. The molecule has 2 N–H and O–H groups in total. The second-order valence-corrected chi connectivity index (χ2v) is 7.88. The molecule has 2 aliphatic rings. The van der Waals surface area contributed by atoms with Crippen LogP contribution in [-0.4, -0.2) is 59.6 Å². The Kier molecular flexibility index (Phi) is 6.92. The average molecular weight is 484 g/mol. The number of nitrogens with zero attached hydrogens (tertiary/aromatic N) is 4. The number of rotatable bonds is 5. The molecule has 1 aliphatic heterocycles. The Morgan fingerprint density at radius 3 is 2.64 bits per heavy atom. The van der Waals surface area contributed by atoms with Crippen LogP contribution in [0.2, 0.25) is 0 Å². The van der Waals surface area contributed by atoms with Gasteiger partial charge in [0.2, 0.25) is 5.95 Å². The van der Waals surface area contributed by atoms with Crippen molar-refractivity contribution < 1.29 is 28.2 Å². The molecule has 0 radical (unpaired) electrons. The maximum Gasteiger partial charge on any atom is 0.342 e. The number of halogens is 3. The summed E-state index contributed by atoms with van der Waals surface area (Å²) < 4.78 is 34.6. The molecule has 0 unspecified atom stereocenters. The number of benzene rings is 1. The fourth-order valence-corrected chi connectivity index (χ4v) is 4.15. The van der Waals surface area contributed by atoms with Crippen LogP contribution in [0.15, 0.2) is 24.4 Å². The maximum atomic E-state index is 14.7. The van der Waals surface area contributed by atoms with Gasteiger partial charge < -0.3 is 25.0 Å². The minimum absolute atomic E-state index is 0. The largest absolute Gasteiger partial charge is 0.495 e. The highest BCUT2D eigenvalue weighted by molar-refractivity contribution is 6.02. The lowest BCUT2D eigenvalue weighted by atomic mass is 10.2. The number of hydrogen-bond acceptors (Lipinski definition) is 7. The number of anilines is 4. The Bertz CT molecular complexity index is 1060. The fourth-order valence-electron chi connectivity index (χ4n) is 4.15. The van der Waals surface area contributed by atoms with E-state index < -0.39 is 24.3 Å². The molecule has 2 heterocycles. The SMILES string of the molecule is COc1cc(C(=O)O)ccc1Nc1ncc2c(n1)N(C1CCCC1)CC(F)(F)C(=O)N2C.Cl. The van der Waals surface area contributed by atoms with E-state index in [0.717, 1.165) is 30.6 Å². The van der Waals surface area contributed by atoms with Crippen molar-refractivity contribution in [3.63, 3.8) is 0 Å². The third-order valence-electron chi connectivity index (χ3n) is 5.83. The molecule has 1 saturated carbocycles. The summed E-state index contributed by atoms with van der Waals surface area (Å²) in [4.78, 5) is 34.6. The number of carbonyl (C=O) groups is 2. The quantitative estimate of drug-likeness (QED) is 0.662. The van der Waals surface area contributed by atoms with Crippen molar-refractivity contribution in [1.29, 1.82) is 0 Å². The first kappa shape index (κ1) is 24.4. The van der Waals surface area contributed by atoms with E-state index in [1.54, 1.807) is 0 Å². The first-order valence-corrected chi connectivity index (χ1v) is 10.2. The molecule has 178 valence electrons. The predicted octanol–water partition coefficient (Wildman–Crippen LogP) is 3.71. The summed E-state index contributed by atoms with van der Waals surface area (Å²) in [7, 11) is 2.69. The lowest BCUT2D eigenvalue weighted by Crippen LogP contribution is -2.48. The monoisotopic (exact) mass is 483 g/mol. The van der Waals surface area contributed by atoms with Crippen LogP contribution in [0.1, 0.15) is 36.0 Å². The molecule has 33 heavy (non-hydrogen) atoms. The molecule has 1 aliphatic carbocycles. The topological polar surface area (TPSA) is 108 Å². The van der Waals surface area contributed by atoms with E-state index in [0.29, 0.717) is 5.69 Å². The zero-order valence-electron chi connectivity index (χ0n) is 18.0. The van der Waals surface area contributed by atoms with Crippen LogP contribution in [0.3, 0.4) is 0 Å². The van der Waals surface area contributed by atoms with E-state index in [4.69, 9.17) is 9.84 Å². The summed E-state index contributed by atoms with van der Waals surface area (Å²) in [6.07, 6.45) is 4.67. The van der Waals surface area contributed by atoms with Gasteiger partial charge in [0, 0.05) is 13.1 Å². The lowest BCUT2D eigenvalue weighted by Gasteiger charge is -2.31. The van der Waals surface area contributed by atoms with Gasteiger partial charge in [-0.15, -0.1) is 12.4 Å². The van der Waals surface area contributed by atoms with Crippen LogP contribution in [-0.2, 0) is 4.79 Å². The third-order valence-corrected chi connectivity index (χ3v) is 5.83. The molecule has 0 spiro atoms. The minimum Gasteiger partial charge on any atom is -0.495 e. The van der Waals surface area contributed by atoms with Crippen LogP contribution in [0.25, 0.3) is 0 Å². The van der Waals surface area contributed by atoms with Crippen LogP contribution >= 0.6 is 12.4 Å². The van der Waals surface area contributed by atoms with Gasteiger partial charge in [-0.05, 0) is 31.0 Å². The number of aromatic nitrogens is 2. The van der Waals surface area contributed by atoms with Gasteiger partial charge in [0.25, 0.3) is 5.91 Å². The number of carboxylic acids is 1. The van der Waals surface area contributed by atoms with Crippen molar-refractivity contribution in [2.45, 2.75) is 37.6 Å². The van der Waals surface area contributed by atoms with Gasteiger partial charge in [-0.2, -0.15) is 13.8 Å². The fraction of sp³-hybridized carbons (Fsp3) is 0.429. The number of hydrogen-bond donors (Lipinski definition) is 2. The molecule has 4 rings (SSSR count). The van der Waals surface area contributed by atoms with Gasteiger partial charge in [-0.1, -0.05) is 12.8 Å². The second kappa shape index (κ2) is 9.34. The average Bonchev–Trinajstić information content (AvgIpc) is 3.29. The smallest absolute Gasteiger partial charge is 0.342 e. The number of methoxy groups -OCH3 is 1. The van der Waals surface area contributed by atoms with Crippen LogP contribution in [0, 0.1) is 0 Å². The van der Waals surface area contributed by atoms with Crippen LogP contribution < -0.4 is 19.9 Å². The number of alkyl halides is 2. The Labute approximate surface area is 195 Å². The van der Waals surface area contributed by atoms with E-state index in [1.807, 2.05) is 0 Å². The van der Waals surface area contributed by atoms with Crippen molar-refractivity contribution in [2.24, 2.45) is 0 Å². The summed E-state index contributed by atoms with van der Waals surface area (Å²) in [5.74, 6) is -5.33. The summed E-state index contributed by atoms with van der Waals surface area (Å²) >= 11 is 0. The summed E-state index contributed by atoms with van der Waals surface area (Å²) in [6, 6.07) is 4.11. The van der Waals surface area contributed by atoms with E-state index in [-0.39, 0.29) is 47.2 Å². The van der Waals surface area contributed by atoms with Crippen LogP contribution in [0.4, 0.5) is 31.9 Å². The molecule has 0 saturated heterocycles. The summed E-state index contributed by atoms with van der Waals surface area (Å²) in [5, 5.41) is 12.1. The number of ether oxygens (including phenoxy) is 1. The van der Waals surface area contributed by atoms with Crippen molar-refractivity contribution >= 4 is 47.4 Å². The Hall–Kier alpha value is -3.21. The summed E-state index contributed by atoms with van der Waals surface area (Å²) in [5.41, 5.74) is 0.663. The number of carbonyl (C=O) groups excluding carboxylic acids is 1. The highest BCUT2D eigenvalue weighted by atomic mass is 35.5. The van der Waals surface area contributed by atoms with Gasteiger partial charge in [0.15, 0.2) is 5.82 Å². The zero-order valence-corrected chi connectivity index (χ0v) is 18.9. The van der Waals surface area contributed by atoms with Gasteiger partial charge in [-0.25, -0.2) is 9.78 Å². The molecular formula is C21H24ClF2N5O4. The predicted molar refractivity (Wildman–Crippen MR) is 120 cm³/mol. The molecule has 9 nitrogen and oxygen atoms in total. The van der Waals surface area contributed by atoms with Crippen LogP contribution in [0.5, 0.6) is 5.75 Å².